The Labute approximate surface area is 270 Å². The molecule has 0 atom stereocenters. The number of anilines is 3. The van der Waals surface area contributed by atoms with Crippen LogP contribution in [0.25, 0.3) is 38.6 Å². The zero-order chi connectivity index (χ0) is 31.3. The molecular weight excluding hydrogens is 558 g/mol. The summed E-state index contributed by atoms with van der Waals surface area (Å²) in [5.41, 5.74) is 11.1. The Morgan fingerprint density at radius 2 is 1.13 bits per heavy atom. The summed E-state index contributed by atoms with van der Waals surface area (Å²) in [4.78, 5) is 2.28. The van der Waals surface area contributed by atoms with Crippen LogP contribution in [0.5, 0.6) is 0 Å². The van der Waals surface area contributed by atoms with Crippen molar-refractivity contribution in [1.29, 1.82) is 0 Å². The Morgan fingerprint density at radius 3 is 1.78 bits per heavy atom. The smallest absolute Gasteiger partial charge is 0.0541 e. The maximum Gasteiger partial charge on any atom is 0.0541 e. The average Bonchev–Trinajstić information content (AvgIpc) is 3.46. The third kappa shape index (κ3) is 5.62. The van der Waals surface area contributed by atoms with Gasteiger partial charge in [-0.15, -0.1) is 0 Å². The number of para-hydroxylation sites is 4. The fraction of sp³-hybridized carbons (Fsp3) is 0.0233. The highest BCUT2D eigenvalue weighted by molar-refractivity contribution is 6.09. The van der Waals surface area contributed by atoms with E-state index >= 15 is 0 Å². The predicted octanol–water partition coefficient (Wildman–Crippen LogP) is 11.7. The number of hydrogen-bond donors (Lipinski definition) is 1. The summed E-state index contributed by atoms with van der Waals surface area (Å²) in [6.45, 7) is 6.24. The standard InChI is InChI=1S/C43H35N3/c1-3-34(44-41-23-13-10-20-38(41)33-16-6-4-7-17-33)27-26-32(2)45(35-18-8-5-9-19-35)36-28-30-37(31-29-36)46-42-24-14-11-21-39(42)40-22-12-15-25-43(40)46/h3-31,44H,1H2,2H3/b32-26+,34-27+. The van der Waals surface area contributed by atoms with Crippen LogP contribution in [-0.2, 0) is 0 Å². The minimum atomic E-state index is 0.914. The number of allylic oxidation sites excluding steroid dienone is 4. The highest BCUT2D eigenvalue weighted by atomic mass is 15.1. The number of fused-ring (bicyclic) bond motifs is 3. The highest BCUT2D eigenvalue weighted by Gasteiger charge is 2.14. The lowest BCUT2D eigenvalue weighted by atomic mass is 10.0. The van der Waals surface area contributed by atoms with Crippen LogP contribution >= 0.6 is 0 Å². The molecule has 0 saturated carbocycles. The van der Waals surface area contributed by atoms with Crippen LogP contribution in [0.3, 0.4) is 0 Å². The first-order valence-corrected chi connectivity index (χ1v) is 15.6. The van der Waals surface area contributed by atoms with E-state index in [1.54, 1.807) is 0 Å². The quantitative estimate of drug-likeness (QED) is 0.168. The first-order chi connectivity index (χ1) is 22.7. The Morgan fingerprint density at radius 1 is 0.587 bits per heavy atom. The lowest BCUT2D eigenvalue weighted by molar-refractivity contribution is 1.14. The van der Waals surface area contributed by atoms with Gasteiger partial charge in [0.1, 0.15) is 0 Å². The molecule has 0 radical (unpaired) electrons. The van der Waals surface area contributed by atoms with Crippen LogP contribution < -0.4 is 10.2 Å². The van der Waals surface area contributed by atoms with E-state index < -0.39 is 0 Å². The molecule has 0 aliphatic rings. The van der Waals surface area contributed by atoms with Gasteiger partial charge in [0.2, 0.25) is 0 Å². The molecule has 0 amide bonds. The molecule has 7 aromatic rings. The van der Waals surface area contributed by atoms with E-state index in [1.165, 1.54) is 27.4 Å². The Hall–Kier alpha value is -6.06. The average molecular weight is 594 g/mol. The van der Waals surface area contributed by atoms with Crippen LogP contribution in [0.15, 0.2) is 194 Å². The molecule has 6 aromatic carbocycles. The van der Waals surface area contributed by atoms with Gasteiger partial charge in [-0.25, -0.2) is 0 Å². The molecule has 1 heterocycles. The molecule has 46 heavy (non-hydrogen) atoms. The van der Waals surface area contributed by atoms with E-state index in [-0.39, 0.29) is 0 Å². The monoisotopic (exact) mass is 593 g/mol. The lowest BCUT2D eigenvalue weighted by Gasteiger charge is -2.26. The number of hydrogen-bond acceptors (Lipinski definition) is 2. The molecule has 0 aliphatic heterocycles. The van der Waals surface area contributed by atoms with Gasteiger partial charge in [0.15, 0.2) is 0 Å². The molecule has 1 aromatic heterocycles. The van der Waals surface area contributed by atoms with E-state index in [1.807, 2.05) is 12.1 Å². The van der Waals surface area contributed by atoms with Crippen molar-refractivity contribution in [3.8, 4) is 16.8 Å². The number of aromatic nitrogens is 1. The van der Waals surface area contributed by atoms with Gasteiger partial charge < -0.3 is 14.8 Å². The van der Waals surface area contributed by atoms with Crippen molar-refractivity contribution in [3.63, 3.8) is 0 Å². The first-order valence-electron chi connectivity index (χ1n) is 15.6. The van der Waals surface area contributed by atoms with Crippen LogP contribution in [0, 0.1) is 0 Å². The number of benzene rings is 6. The predicted molar refractivity (Wildman–Crippen MR) is 197 cm³/mol. The van der Waals surface area contributed by atoms with E-state index in [2.05, 4.69) is 192 Å². The van der Waals surface area contributed by atoms with Crippen molar-refractivity contribution in [1.82, 2.24) is 4.57 Å². The van der Waals surface area contributed by atoms with Crippen LogP contribution in [-0.4, -0.2) is 4.57 Å². The van der Waals surface area contributed by atoms with Gasteiger partial charge in [0.05, 0.1) is 11.0 Å². The van der Waals surface area contributed by atoms with E-state index in [4.69, 9.17) is 0 Å². The minimum Gasteiger partial charge on any atom is -0.355 e. The van der Waals surface area contributed by atoms with E-state index in [0.717, 1.165) is 39.7 Å². The summed E-state index contributed by atoms with van der Waals surface area (Å²) in [5, 5.41) is 6.12. The van der Waals surface area contributed by atoms with Gasteiger partial charge in [0.25, 0.3) is 0 Å². The maximum atomic E-state index is 4.10. The molecule has 3 nitrogen and oxygen atoms in total. The largest absolute Gasteiger partial charge is 0.355 e. The van der Waals surface area contributed by atoms with Gasteiger partial charge in [-0.3, -0.25) is 0 Å². The van der Waals surface area contributed by atoms with Crippen molar-refractivity contribution in [2.75, 3.05) is 10.2 Å². The topological polar surface area (TPSA) is 20.2 Å². The molecule has 0 spiro atoms. The minimum absolute atomic E-state index is 0.914. The van der Waals surface area contributed by atoms with Gasteiger partial charge in [0, 0.05) is 50.5 Å². The Kier molecular flexibility index (Phi) is 8.04. The third-order valence-electron chi connectivity index (χ3n) is 8.33. The Balaban J connectivity index is 1.23. The maximum absolute atomic E-state index is 4.10. The van der Waals surface area contributed by atoms with Gasteiger partial charge in [-0.2, -0.15) is 0 Å². The Bertz CT molecular complexity index is 2130. The fourth-order valence-corrected chi connectivity index (χ4v) is 6.15. The number of rotatable bonds is 9. The molecule has 0 bridgehead atoms. The normalized spacial score (nSPS) is 11.9. The number of nitrogens with one attached hydrogen (secondary N) is 1. The summed E-state index contributed by atoms with van der Waals surface area (Å²) >= 11 is 0. The van der Waals surface area contributed by atoms with Crippen molar-refractivity contribution in [2.45, 2.75) is 6.92 Å². The van der Waals surface area contributed by atoms with Gasteiger partial charge >= 0.3 is 0 Å². The molecule has 1 N–H and O–H groups in total. The molecule has 7 rings (SSSR count). The summed E-state index contributed by atoms with van der Waals surface area (Å²) in [7, 11) is 0. The van der Waals surface area contributed by atoms with Crippen LogP contribution in [0.1, 0.15) is 6.92 Å². The van der Waals surface area contributed by atoms with E-state index in [9.17, 15) is 0 Å². The first kappa shape index (κ1) is 28.7. The van der Waals surface area contributed by atoms with Crippen molar-refractivity contribution >= 4 is 38.9 Å². The lowest BCUT2D eigenvalue weighted by Crippen LogP contribution is -2.14. The molecular formula is C43H35N3. The molecule has 0 fully saturated rings. The summed E-state index contributed by atoms with van der Waals surface area (Å²) in [6, 6.07) is 55.4. The summed E-state index contributed by atoms with van der Waals surface area (Å²) < 4.78 is 2.35. The molecule has 0 aliphatic carbocycles. The van der Waals surface area contributed by atoms with Crippen LogP contribution in [0.4, 0.5) is 17.1 Å². The molecule has 3 heteroatoms. The SMILES string of the molecule is C=C/C(=C\C=C(/C)N(c1ccccc1)c1ccc(-n2c3ccccc3c3ccccc32)cc1)Nc1ccccc1-c1ccccc1. The second-order valence-electron chi connectivity index (χ2n) is 11.2. The third-order valence-corrected chi connectivity index (χ3v) is 8.33. The van der Waals surface area contributed by atoms with Crippen molar-refractivity contribution in [2.24, 2.45) is 0 Å². The summed E-state index contributed by atoms with van der Waals surface area (Å²) in [6.07, 6.45) is 6.09. The number of nitrogens with zero attached hydrogens (tertiary/aromatic N) is 2. The van der Waals surface area contributed by atoms with Gasteiger partial charge in [-0.1, -0.05) is 110 Å². The van der Waals surface area contributed by atoms with Gasteiger partial charge in [-0.05, 0) is 85.3 Å². The molecule has 0 unspecified atom stereocenters. The second-order valence-corrected chi connectivity index (χ2v) is 11.2. The molecule has 0 saturated heterocycles. The van der Waals surface area contributed by atoms with E-state index in [0.29, 0.717) is 0 Å². The van der Waals surface area contributed by atoms with Crippen molar-refractivity contribution in [3.05, 3.63) is 194 Å². The fourth-order valence-electron chi connectivity index (χ4n) is 6.15. The highest BCUT2D eigenvalue weighted by Crippen LogP contribution is 2.35. The van der Waals surface area contributed by atoms with Crippen molar-refractivity contribution < 1.29 is 0 Å². The zero-order valence-electron chi connectivity index (χ0n) is 25.8. The van der Waals surface area contributed by atoms with Crippen LogP contribution in [0.2, 0.25) is 0 Å². The summed E-state index contributed by atoms with van der Waals surface area (Å²) in [5.74, 6) is 0. The zero-order valence-corrected chi connectivity index (χ0v) is 25.8. The molecule has 222 valence electrons. The second kappa shape index (κ2) is 12.9.